The first-order valence-corrected chi connectivity index (χ1v) is 12.6. The van der Waals surface area contributed by atoms with Gasteiger partial charge in [-0.2, -0.15) is 22.7 Å². The molecule has 1 amide bonds. The standard InChI is InChI=1S/C22H22BrClF3N7O2.ClH/c1-2-15-18(32-8-7-28-14-5-6-16(14)32)19(36)34-21(30-20(23)31-34)33(15)10-17(35)29-13-4-3-11(9-12(13)24)22(25,26)27;/h3-4,9,14,16,28H,2,5-8,10H2,1H3,(H,29,35);1H/t14-,16+;/m0./s1. The van der Waals surface area contributed by atoms with Gasteiger partial charge in [0.05, 0.1) is 22.0 Å². The van der Waals surface area contributed by atoms with Crippen molar-refractivity contribution in [2.24, 2.45) is 0 Å². The quantitative estimate of drug-likeness (QED) is 0.447. The minimum atomic E-state index is -4.55. The number of alkyl halides is 3. The number of piperazine rings is 1. The second-order valence-corrected chi connectivity index (χ2v) is 9.89. The van der Waals surface area contributed by atoms with Crippen LogP contribution in [0.25, 0.3) is 5.78 Å². The maximum absolute atomic E-state index is 13.5. The average molecular weight is 625 g/mol. The van der Waals surface area contributed by atoms with Crippen molar-refractivity contribution in [3.8, 4) is 0 Å². The molecule has 2 fully saturated rings. The molecule has 5 rings (SSSR count). The topological polar surface area (TPSA) is 96.6 Å². The molecule has 1 saturated heterocycles. The van der Waals surface area contributed by atoms with E-state index >= 15 is 0 Å². The Morgan fingerprint density at radius 2 is 2.08 bits per heavy atom. The van der Waals surface area contributed by atoms with Crippen molar-refractivity contribution in [3.63, 3.8) is 0 Å². The Balaban J connectivity index is 0.00000320. The van der Waals surface area contributed by atoms with Crippen LogP contribution in [0.1, 0.15) is 31.0 Å². The van der Waals surface area contributed by atoms with E-state index < -0.39 is 17.6 Å². The van der Waals surface area contributed by atoms with Crippen LogP contribution in [0.4, 0.5) is 24.5 Å². The molecule has 200 valence electrons. The van der Waals surface area contributed by atoms with Crippen LogP contribution < -0.4 is 21.1 Å². The van der Waals surface area contributed by atoms with Crippen LogP contribution in [0.3, 0.4) is 0 Å². The minimum Gasteiger partial charge on any atom is -0.360 e. The highest BCUT2D eigenvalue weighted by Crippen LogP contribution is 2.35. The number of rotatable bonds is 5. The summed E-state index contributed by atoms with van der Waals surface area (Å²) < 4.78 is 41.9. The second kappa shape index (κ2) is 10.4. The van der Waals surface area contributed by atoms with E-state index in [9.17, 15) is 22.8 Å². The van der Waals surface area contributed by atoms with Gasteiger partial charge in [0.2, 0.25) is 16.4 Å². The van der Waals surface area contributed by atoms with Gasteiger partial charge < -0.3 is 20.1 Å². The number of carbonyl (C=O) groups is 1. The third-order valence-corrected chi connectivity index (χ3v) is 7.34. The van der Waals surface area contributed by atoms with Crippen molar-refractivity contribution in [1.29, 1.82) is 0 Å². The zero-order chi connectivity index (χ0) is 25.8. The number of hydrogen-bond acceptors (Lipinski definition) is 6. The van der Waals surface area contributed by atoms with E-state index in [1.807, 2.05) is 6.92 Å². The fraction of sp³-hybridized carbons (Fsp3) is 0.455. The largest absolute Gasteiger partial charge is 0.416 e. The third-order valence-electron chi connectivity index (χ3n) is 6.69. The highest BCUT2D eigenvalue weighted by molar-refractivity contribution is 9.10. The van der Waals surface area contributed by atoms with Gasteiger partial charge in [-0.3, -0.25) is 9.59 Å². The Kier molecular flexibility index (Phi) is 7.80. The molecule has 0 unspecified atom stereocenters. The highest BCUT2D eigenvalue weighted by atomic mass is 79.9. The molecule has 0 spiro atoms. The molecule has 1 aliphatic carbocycles. The van der Waals surface area contributed by atoms with Crippen LogP contribution in [0.5, 0.6) is 0 Å². The van der Waals surface area contributed by atoms with Crippen LogP contribution in [0.2, 0.25) is 5.02 Å². The van der Waals surface area contributed by atoms with Gasteiger partial charge in [0, 0.05) is 25.2 Å². The summed E-state index contributed by atoms with van der Waals surface area (Å²) in [6.45, 7) is 3.01. The summed E-state index contributed by atoms with van der Waals surface area (Å²) in [5, 5.41) is 10.00. The first kappa shape index (κ1) is 27.7. The molecule has 2 N–H and O–H groups in total. The maximum atomic E-state index is 13.5. The molecule has 1 aromatic carbocycles. The average Bonchev–Trinajstić information content (AvgIpc) is 3.18. The van der Waals surface area contributed by atoms with E-state index in [2.05, 4.69) is 41.5 Å². The lowest BCUT2D eigenvalue weighted by Crippen LogP contribution is -2.64. The number of nitrogens with zero attached hydrogens (tertiary/aromatic N) is 5. The number of halogens is 6. The van der Waals surface area contributed by atoms with Crippen molar-refractivity contribution in [2.75, 3.05) is 23.3 Å². The summed E-state index contributed by atoms with van der Waals surface area (Å²) in [5.41, 5.74) is -0.0566. The Bertz CT molecular complexity index is 1410. The Hall–Kier alpha value is -2.35. The summed E-state index contributed by atoms with van der Waals surface area (Å²) in [6, 6.07) is 3.21. The van der Waals surface area contributed by atoms with Gasteiger partial charge in [0.1, 0.15) is 12.2 Å². The smallest absolute Gasteiger partial charge is 0.360 e. The first-order valence-electron chi connectivity index (χ1n) is 11.4. The SMILES string of the molecule is CCc1c(N2CCN[C@H]3CC[C@H]32)c(=O)n2nc(Br)nc2n1CC(=O)Nc1ccc(C(F)(F)F)cc1Cl.Cl. The normalized spacial score (nSPS) is 19.2. The van der Waals surface area contributed by atoms with Crippen molar-refractivity contribution < 1.29 is 18.0 Å². The lowest BCUT2D eigenvalue weighted by molar-refractivity contribution is -0.137. The molecule has 0 bridgehead atoms. The zero-order valence-corrected chi connectivity index (χ0v) is 22.6. The van der Waals surface area contributed by atoms with Gasteiger partial charge in [-0.15, -0.1) is 17.5 Å². The number of carbonyl (C=O) groups excluding carboxylic acids is 1. The molecule has 3 aromatic rings. The molecular formula is C22H23BrCl2F3N7O2. The summed E-state index contributed by atoms with van der Waals surface area (Å²) in [7, 11) is 0. The Labute approximate surface area is 228 Å². The van der Waals surface area contributed by atoms with Gasteiger partial charge in [-0.1, -0.05) is 18.5 Å². The van der Waals surface area contributed by atoms with E-state index in [1.54, 1.807) is 4.57 Å². The molecule has 2 atom stereocenters. The van der Waals surface area contributed by atoms with E-state index in [1.165, 1.54) is 4.52 Å². The lowest BCUT2D eigenvalue weighted by atomic mass is 9.83. The number of benzene rings is 1. The fourth-order valence-corrected chi connectivity index (χ4v) is 5.45. The summed E-state index contributed by atoms with van der Waals surface area (Å²) in [6.07, 6.45) is -2.12. The molecule has 0 radical (unpaired) electrons. The number of hydrogen-bond donors (Lipinski definition) is 2. The van der Waals surface area contributed by atoms with E-state index in [4.69, 9.17) is 11.6 Å². The molecule has 3 heterocycles. The molecule has 2 aromatic heterocycles. The van der Waals surface area contributed by atoms with Gasteiger partial charge in [-0.05, 0) is 53.4 Å². The molecule has 2 aliphatic rings. The van der Waals surface area contributed by atoms with Crippen molar-refractivity contribution >= 4 is 63.0 Å². The predicted octanol–water partition coefficient (Wildman–Crippen LogP) is 3.89. The van der Waals surface area contributed by atoms with Gasteiger partial charge in [-0.25, -0.2) is 0 Å². The van der Waals surface area contributed by atoms with Crippen LogP contribution in [-0.2, 0) is 23.9 Å². The predicted molar refractivity (Wildman–Crippen MR) is 139 cm³/mol. The molecule has 15 heteroatoms. The van der Waals surface area contributed by atoms with Crippen LogP contribution in [-0.4, -0.2) is 50.2 Å². The zero-order valence-electron chi connectivity index (χ0n) is 19.5. The van der Waals surface area contributed by atoms with E-state index in [0.717, 1.165) is 37.6 Å². The number of anilines is 2. The van der Waals surface area contributed by atoms with Gasteiger partial charge >= 0.3 is 6.18 Å². The second-order valence-electron chi connectivity index (χ2n) is 8.77. The third kappa shape index (κ3) is 5.06. The summed E-state index contributed by atoms with van der Waals surface area (Å²) >= 11 is 9.23. The number of nitrogens with one attached hydrogen (secondary N) is 2. The monoisotopic (exact) mass is 623 g/mol. The minimum absolute atomic E-state index is 0. The van der Waals surface area contributed by atoms with Crippen molar-refractivity contribution in [2.45, 2.75) is 51.0 Å². The van der Waals surface area contributed by atoms with Crippen LogP contribution in [0, 0.1) is 0 Å². The fourth-order valence-electron chi connectivity index (χ4n) is 4.91. The lowest BCUT2D eigenvalue weighted by Gasteiger charge is -2.50. The van der Waals surface area contributed by atoms with E-state index in [0.29, 0.717) is 30.4 Å². The van der Waals surface area contributed by atoms with E-state index in [-0.39, 0.29) is 51.8 Å². The first-order chi connectivity index (χ1) is 17.1. The van der Waals surface area contributed by atoms with Crippen LogP contribution >= 0.6 is 39.9 Å². The summed E-state index contributed by atoms with van der Waals surface area (Å²) in [5.74, 6) is -0.356. The maximum Gasteiger partial charge on any atom is 0.416 e. The highest BCUT2D eigenvalue weighted by Gasteiger charge is 2.40. The van der Waals surface area contributed by atoms with Crippen molar-refractivity contribution in [3.05, 3.63) is 49.6 Å². The van der Waals surface area contributed by atoms with Gasteiger partial charge in [0.15, 0.2) is 0 Å². The molecule has 1 aliphatic heterocycles. The number of aromatic nitrogens is 4. The Morgan fingerprint density at radius 3 is 2.70 bits per heavy atom. The van der Waals surface area contributed by atoms with Crippen LogP contribution in [0.15, 0.2) is 27.7 Å². The number of amides is 1. The molecule has 37 heavy (non-hydrogen) atoms. The van der Waals surface area contributed by atoms with Crippen molar-refractivity contribution in [1.82, 2.24) is 24.5 Å². The Morgan fingerprint density at radius 1 is 1.32 bits per heavy atom. The summed E-state index contributed by atoms with van der Waals surface area (Å²) in [4.78, 5) is 33.0. The molecule has 9 nitrogen and oxygen atoms in total. The molecular weight excluding hydrogens is 602 g/mol. The van der Waals surface area contributed by atoms with Gasteiger partial charge in [0.25, 0.3) is 5.56 Å². The molecule has 1 saturated carbocycles. The number of fused-ring (bicyclic) bond motifs is 2.